The Kier molecular flexibility index (Phi) is 9.18. The number of carbonyl (C=O) groups excluding carboxylic acids is 1. The van der Waals surface area contributed by atoms with E-state index in [2.05, 4.69) is 32.2 Å². The fourth-order valence-corrected chi connectivity index (χ4v) is 5.29. The van der Waals surface area contributed by atoms with Gasteiger partial charge in [-0.25, -0.2) is 8.42 Å². The highest BCUT2D eigenvalue weighted by Gasteiger charge is 2.36. The van der Waals surface area contributed by atoms with Crippen LogP contribution in [0.25, 0.3) is 0 Å². The smallest absolute Gasteiger partial charge is 0.243 e. The summed E-state index contributed by atoms with van der Waals surface area (Å²) in [5, 5.41) is 3.35. The van der Waals surface area contributed by atoms with Crippen molar-refractivity contribution in [3.63, 3.8) is 0 Å². The Balaban J connectivity index is 2.22. The fourth-order valence-electron chi connectivity index (χ4n) is 3.53. The third-order valence-corrected chi connectivity index (χ3v) is 7.50. The van der Waals surface area contributed by atoms with E-state index in [1.165, 1.54) is 22.0 Å². The zero-order chi connectivity index (χ0) is 21.4. The highest BCUT2D eigenvalue weighted by atomic mass is 35.5. The molecule has 1 aromatic rings. The molecule has 1 fully saturated rings. The molecule has 1 aromatic carbocycles. The predicted octanol–water partition coefficient (Wildman–Crippen LogP) is 4.77. The van der Waals surface area contributed by atoms with Crippen molar-refractivity contribution in [3.8, 4) is 0 Å². The van der Waals surface area contributed by atoms with Crippen LogP contribution in [0.3, 0.4) is 0 Å². The number of halogens is 1. The van der Waals surface area contributed by atoms with Crippen LogP contribution in [0.4, 0.5) is 0 Å². The summed E-state index contributed by atoms with van der Waals surface area (Å²) in [7, 11) is -3.79. The standard InChI is InChI=1S/C22H33ClN2O3S/c1-17(2)7-6-8-18(3)14-16-25(21-9-4-5-15-24-22(21)26)29(27,28)20-12-10-19(23)11-13-20/h7,10-13,18,21H,4-6,8-9,14-16H2,1-3H3,(H,24,26)/t18-,21+/m0/s1. The molecule has 0 aliphatic carbocycles. The number of nitrogens with zero attached hydrogens (tertiary/aromatic N) is 1. The maximum atomic E-state index is 13.4. The monoisotopic (exact) mass is 440 g/mol. The van der Waals surface area contributed by atoms with Crippen LogP contribution >= 0.6 is 11.6 Å². The van der Waals surface area contributed by atoms with Crippen molar-refractivity contribution < 1.29 is 13.2 Å². The summed E-state index contributed by atoms with van der Waals surface area (Å²) in [6.45, 7) is 7.23. The first-order valence-electron chi connectivity index (χ1n) is 10.4. The predicted molar refractivity (Wildman–Crippen MR) is 118 cm³/mol. The molecule has 1 saturated heterocycles. The molecule has 0 saturated carbocycles. The number of rotatable bonds is 9. The normalized spacial score (nSPS) is 18.8. The second-order valence-corrected chi connectivity index (χ2v) is 10.5. The molecule has 2 rings (SSSR count). The van der Waals surface area contributed by atoms with Crippen LogP contribution in [0.5, 0.6) is 0 Å². The Morgan fingerprint density at radius 3 is 2.59 bits per heavy atom. The van der Waals surface area contributed by atoms with Gasteiger partial charge in [-0.1, -0.05) is 30.2 Å². The number of hydrogen-bond donors (Lipinski definition) is 1. The molecule has 2 atom stereocenters. The Bertz CT molecular complexity index is 802. The molecule has 162 valence electrons. The minimum atomic E-state index is -3.79. The maximum absolute atomic E-state index is 13.4. The topological polar surface area (TPSA) is 66.5 Å². The van der Waals surface area contributed by atoms with Crippen LogP contribution in [0.2, 0.25) is 5.02 Å². The van der Waals surface area contributed by atoms with Crippen molar-refractivity contribution in [2.24, 2.45) is 5.92 Å². The average Bonchev–Trinajstić information content (AvgIpc) is 2.86. The van der Waals surface area contributed by atoms with Gasteiger partial charge in [0.25, 0.3) is 0 Å². The zero-order valence-electron chi connectivity index (χ0n) is 17.7. The number of carbonyl (C=O) groups is 1. The molecule has 0 spiro atoms. The number of hydrogen-bond acceptors (Lipinski definition) is 3. The first-order valence-corrected chi connectivity index (χ1v) is 12.2. The van der Waals surface area contributed by atoms with Crippen molar-refractivity contribution in [2.45, 2.75) is 70.2 Å². The molecule has 1 aliphatic rings. The van der Waals surface area contributed by atoms with Gasteiger partial charge < -0.3 is 5.32 Å². The van der Waals surface area contributed by atoms with Gasteiger partial charge in [-0.15, -0.1) is 0 Å². The SMILES string of the molecule is CC(C)=CCC[C@H](C)CCN([C@@H]1CCCCNC1=O)S(=O)(=O)c1ccc(Cl)cc1. The first-order chi connectivity index (χ1) is 13.7. The van der Waals surface area contributed by atoms with Crippen molar-refractivity contribution in [3.05, 3.63) is 40.9 Å². The van der Waals surface area contributed by atoms with Gasteiger partial charge in [-0.3, -0.25) is 4.79 Å². The lowest BCUT2D eigenvalue weighted by Crippen LogP contribution is -2.49. The van der Waals surface area contributed by atoms with Gasteiger partial charge in [0, 0.05) is 18.1 Å². The van der Waals surface area contributed by atoms with Crippen LogP contribution < -0.4 is 5.32 Å². The van der Waals surface area contributed by atoms with Crippen LogP contribution in [0.15, 0.2) is 40.8 Å². The lowest BCUT2D eigenvalue weighted by atomic mass is 10.0. The summed E-state index contributed by atoms with van der Waals surface area (Å²) in [6.07, 6.45) is 7.14. The quantitative estimate of drug-likeness (QED) is 0.562. The van der Waals surface area contributed by atoms with Crippen LogP contribution in [0.1, 0.15) is 59.3 Å². The van der Waals surface area contributed by atoms with E-state index in [-0.39, 0.29) is 10.8 Å². The summed E-state index contributed by atoms with van der Waals surface area (Å²) in [4.78, 5) is 12.8. The molecular weight excluding hydrogens is 408 g/mol. The summed E-state index contributed by atoms with van der Waals surface area (Å²) in [6, 6.07) is 5.50. The number of nitrogens with one attached hydrogen (secondary N) is 1. The van der Waals surface area contributed by atoms with Gasteiger partial charge in [0.05, 0.1) is 4.90 Å². The van der Waals surface area contributed by atoms with Crippen molar-refractivity contribution in [2.75, 3.05) is 13.1 Å². The molecule has 0 unspecified atom stereocenters. The summed E-state index contributed by atoms with van der Waals surface area (Å²) in [5.41, 5.74) is 1.29. The van der Waals surface area contributed by atoms with Gasteiger partial charge in [-0.2, -0.15) is 4.31 Å². The second-order valence-electron chi connectivity index (χ2n) is 8.12. The third-order valence-electron chi connectivity index (χ3n) is 5.33. The van der Waals surface area contributed by atoms with E-state index in [0.717, 1.165) is 25.7 Å². The van der Waals surface area contributed by atoms with E-state index in [0.29, 0.717) is 36.9 Å². The summed E-state index contributed by atoms with van der Waals surface area (Å²) in [5.74, 6) is 0.166. The molecule has 1 aliphatic heterocycles. The lowest BCUT2D eigenvalue weighted by Gasteiger charge is -2.30. The van der Waals surface area contributed by atoms with E-state index in [1.54, 1.807) is 12.1 Å². The first kappa shape index (κ1) is 23.9. The van der Waals surface area contributed by atoms with E-state index >= 15 is 0 Å². The molecule has 1 amide bonds. The lowest BCUT2D eigenvalue weighted by molar-refractivity contribution is -0.124. The molecule has 0 radical (unpaired) electrons. The number of allylic oxidation sites excluding steroid dienone is 2. The van der Waals surface area contributed by atoms with Crippen molar-refractivity contribution >= 4 is 27.5 Å². The average molecular weight is 441 g/mol. The summed E-state index contributed by atoms with van der Waals surface area (Å²) < 4.78 is 28.2. The third kappa shape index (κ3) is 7.12. The molecule has 1 heterocycles. The largest absolute Gasteiger partial charge is 0.355 e. The highest BCUT2D eigenvalue weighted by molar-refractivity contribution is 7.89. The Hall–Kier alpha value is -1.37. The highest BCUT2D eigenvalue weighted by Crippen LogP contribution is 2.25. The Labute approximate surface area is 180 Å². The number of sulfonamides is 1. The molecular formula is C22H33ClN2O3S. The zero-order valence-corrected chi connectivity index (χ0v) is 19.2. The van der Waals surface area contributed by atoms with Crippen LogP contribution in [0, 0.1) is 5.92 Å². The molecule has 29 heavy (non-hydrogen) atoms. The van der Waals surface area contributed by atoms with E-state index < -0.39 is 16.1 Å². The van der Waals surface area contributed by atoms with Crippen molar-refractivity contribution in [1.29, 1.82) is 0 Å². The van der Waals surface area contributed by atoms with Gasteiger partial charge >= 0.3 is 0 Å². The molecule has 5 nitrogen and oxygen atoms in total. The van der Waals surface area contributed by atoms with Gasteiger partial charge in [0.1, 0.15) is 6.04 Å². The van der Waals surface area contributed by atoms with E-state index in [1.807, 2.05) is 0 Å². The molecule has 0 aromatic heterocycles. The molecule has 0 bridgehead atoms. The Morgan fingerprint density at radius 1 is 1.24 bits per heavy atom. The van der Waals surface area contributed by atoms with E-state index in [9.17, 15) is 13.2 Å². The molecule has 1 N–H and O–H groups in total. The number of amides is 1. The Morgan fingerprint density at radius 2 is 1.93 bits per heavy atom. The minimum absolute atomic E-state index is 0.177. The van der Waals surface area contributed by atoms with Gasteiger partial charge in [0.2, 0.25) is 15.9 Å². The fraction of sp³-hybridized carbons (Fsp3) is 0.591. The van der Waals surface area contributed by atoms with Crippen molar-refractivity contribution in [1.82, 2.24) is 9.62 Å². The van der Waals surface area contributed by atoms with E-state index in [4.69, 9.17) is 11.6 Å². The maximum Gasteiger partial charge on any atom is 0.243 e. The summed E-state index contributed by atoms with van der Waals surface area (Å²) >= 11 is 5.93. The molecule has 7 heteroatoms. The van der Waals surface area contributed by atoms with Gasteiger partial charge in [0.15, 0.2) is 0 Å². The van der Waals surface area contributed by atoms with Crippen LogP contribution in [-0.2, 0) is 14.8 Å². The second kappa shape index (κ2) is 11.1. The minimum Gasteiger partial charge on any atom is -0.355 e. The van der Waals surface area contributed by atoms with Gasteiger partial charge in [-0.05, 0) is 82.6 Å². The number of benzene rings is 1. The van der Waals surface area contributed by atoms with Crippen LogP contribution in [-0.4, -0.2) is 37.8 Å².